The molecule has 0 aliphatic carbocycles. The van der Waals surface area contributed by atoms with Crippen molar-refractivity contribution < 1.29 is 9.84 Å². The van der Waals surface area contributed by atoms with Gasteiger partial charge in [-0.05, 0) is 69.4 Å². The van der Waals surface area contributed by atoms with E-state index in [0.717, 1.165) is 50.3 Å². The summed E-state index contributed by atoms with van der Waals surface area (Å²) in [7, 11) is 1.70. The van der Waals surface area contributed by atoms with E-state index in [1.165, 1.54) is 0 Å². The molecule has 1 heterocycles. The molecule has 1 N–H and O–H groups in total. The molecular formula is C18H19I2N3O2. The van der Waals surface area contributed by atoms with Crippen LogP contribution in [0.1, 0.15) is 5.56 Å². The van der Waals surface area contributed by atoms with Crippen molar-refractivity contribution >= 4 is 57.1 Å². The molecule has 5 nitrogen and oxygen atoms in total. The first-order chi connectivity index (χ1) is 12.1. The van der Waals surface area contributed by atoms with Crippen molar-refractivity contribution in [1.82, 2.24) is 5.01 Å². The van der Waals surface area contributed by atoms with Crippen LogP contribution in [-0.2, 0) is 0 Å². The molecule has 1 saturated heterocycles. The van der Waals surface area contributed by atoms with E-state index in [2.05, 4.69) is 61.2 Å². The van der Waals surface area contributed by atoms with E-state index in [4.69, 9.17) is 4.74 Å². The maximum atomic E-state index is 10.2. The fourth-order valence-corrected chi connectivity index (χ4v) is 4.66. The zero-order valence-electron chi connectivity index (χ0n) is 13.8. The van der Waals surface area contributed by atoms with Gasteiger partial charge < -0.3 is 14.7 Å². The van der Waals surface area contributed by atoms with E-state index in [-0.39, 0.29) is 5.75 Å². The van der Waals surface area contributed by atoms with Gasteiger partial charge in [0, 0.05) is 22.2 Å². The molecule has 0 atom stereocenters. The van der Waals surface area contributed by atoms with E-state index >= 15 is 0 Å². The molecule has 2 aromatic carbocycles. The van der Waals surface area contributed by atoms with Gasteiger partial charge in [-0.2, -0.15) is 5.10 Å². The number of hydrazone groups is 1. The molecule has 0 saturated carbocycles. The first kappa shape index (κ1) is 18.6. The van der Waals surface area contributed by atoms with Crippen LogP contribution in [-0.4, -0.2) is 49.6 Å². The molecule has 25 heavy (non-hydrogen) atoms. The Kier molecular flexibility index (Phi) is 6.26. The lowest BCUT2D eigenvalue weighted by atomic mass is 10.2. The minimum absolute atomic E-state index is 0.289. The second kappa shape index (κ2) is 8.43. The number of ether oxygens (including phenoxy) is 1. The first-order valence-corrected chi connectivity index (χ1v) is 10.1. The molecule has 0 amide bonds. The number of piperazine rings is 1. The van der Waals surface area contributed by atoms with Crippen molar-refractivity contribution in [2.75, 3.05) is 38.2 Å². The third kappa shape index (κ3) is 4.49. The van der Waals surface area contributed by atoms with E-state index in [9.17, 15) is 5.11 Å². The fraction of sp³-hybridized carbons (Fsp3) is 0.278. The Morgan fingerprint density at radius 1 is 1.12 bits per heavy atom. The number of rotatable bonds is 4. The molecular weight excluding hydrogens is 544 g/mol. The Morgan fingerprint density at radius 2 is 1.84 bits per heavy atom. The summed E-state index contributed by atoms with van der Waals surface area (Å²) in [6, 6.07) is 12.0. The van der Waals surface area contributed by atoms with Crippen molar-refractivity contribution in [3.63, 3.8) is 0 Å². The monoisotopic (exact) mass is 563 g/mol. The highest BCUT2D eigenvalue weighted by molar-refractivity contribution is 14.1. The van der Waals surface area contributed by atoms with Gasteiger partial charge in [0.1, 0.15) is 11.5 Å². The van der Waals surface area contributed by atoms with Crippen LogP contribution in [0.25, 0.3) is 0 Å². The van der Waals surface area contributed by atoms with Crippen LogP contribution in [0.3, 0.4) is 0 Å². The number of hydrogen-bond donors (Lipinski definition) is 1. The number of halogens is 2. The highest BCUT2D eigenvalue weighted by Gasteiger charge is 2.18. The summed E-state index contributed by atoms with van der Waals surface area (Å²) in [5, 5.41) is 16.7. The Hall–Kier alpha value is -1.23. The molecule has 0 unspecified atom stereocenters. The van der Waals surface area contributed by atoms with Crippen LogP contribution >= 0.6 is 45.2 Å². The summed E-state index contributed by atoms with van der Waals surface area (Å²) in [5.41, 5.74) is 1.88. The van der Waals surface area contributed by atoms with Gasteiger partial charge >= 0.3 is 0 Å². The number of phenols is 1. The summed E-state index contributed by atoms with van der Waals surface area (Å²) < 4.78 is 7.38. The summed E-state index contributed by atoms with van der Waals surface area (Å²) >= 11 is 4.38. The summed E-state index contributed by atoms with van der Waals surface area (Å²) in [6.07, 6.45) is 1.75. The second-order valence-electron chi connectivity index (χ2n) is 5.68. The number of hydrogen-bond acceptors (Lipinski definition) is 5. The summed E-state index contributed by atoms with van der Waals surface area (Å²) in [4.78, 5) is 2.32. The maximum Gasteiger partial charge on any atom is 0.142 e. The quantitative estimate of drug-likeness (QED) is 0.455. The molecule has 1 aliphatic rings. The van der Waals surface area contributed by atoms with Crippen LogP contribution in [0.2, 0.25) is 0 Å². The Balaban J connectivity index is 1.65. The third-order valence-electron chi connectivity index (χ3n) is 4.10. The summed E-state index contributed by atoms with van der Waals surface area (Å²) in [6.45, 7) is 3.42. The SMILES string of the molecule is COc1ccccc1N1CCN(/N=C\c2cc(I)cc(I)c2O)CC1. The lowest BCUT2D eigenvalue weighted by Gasteiger charge is -2.35. The maximum absolute atomic E-state index is 10.2. The number of anilines is 1. The lowest BCUT2D eigenvalue weighted by Crippen LogP contribution is -2.44. The number of aromatic hydroxyl groups is 1. The smallest absolute Gasteiger partial charge is 0.142 e. The molecule has 0 bridgehead atoms. The first-order valence-electron chi connectivity index (χ1n) is 7.93. The topological polar surface area (TPSA) is 48.3 Å². The number of phenolic OH excluding ortho intramolecular Hbond substituents is 1. The van der Waals surface area contributed by atoms with Gasteiger partial charge in [0.2, 0.25) is 0 Å². The van der Waals surface area contributed by atoms with Gasteiger partial charge in [-0.3, -0.25) is 5.01 Å². The zero-order valence-corrected chi connectivity index (χ0v) is 18.1. The molecule has 0 radical (unpaired) electrons. The minimum Gasteiger partial charge on any atom is -0.506 e. The molecule has 3 rings (SSSR count). The van der Waals surface area contributed by atoms with E-state index in [1.54, 1.807) is 13.3 Å². The van der Waals surface area contributed by atoms with Crippen molar-refractivity contribution in [1.29, 1.82) is 0 Å². The van der Waals surface area contributed by atoms with Crippen molar-refractivity contribution in [2.24, 2.45) is 5.10 Å². The number of benzene rings is 2. The zero-order chi connectivity index (χ0) is 17.8. The molecule has 1 aliphatic heterocycles. The van der Waals surface area contributed by atoms with Crippen molar-refractivity contribution in [3.8, 4) is 11.5 Å². The van der Waals surface area contributed by atoms with Gasteiger partial charge in [0.05, 0.1) is 35.7 Å². The molecule has 0 aromatic heterocycles. The van der Waals surface area contributed by atoms with E-state index in [1.807, 2.05) is 35.3 Å². The number of nitrogens with zero attached hydrogens (tertiary/aromatic N) is 3. The average Bonchev–Trinajstić information content (AvgIpc) is 2.64. The van der Waals surface area contributed by atoms with Crippen LogP contribution in [0.5, 0.6) is 11.5 Å². The highest BCUT2D eigenvalue weighted by Crippen LogP contribution is 2.29. The predicted molar refractivity (Wildman–Crippen MR) is 118 cm³/mol. The van der Waals surface area contributed by atoms with Crippen LogP contribution in [0, 0.1) is 7.14 Å². The van der Waals surface area contributed by atoms with Crippen LogP contribution < -0.4 is 9.64 Å². The molecule has 7 heteroatoms. The standard InChI is InChI=1S/C18H19I2N3O2/c1-25-17-5-3-2-4-16(17)22-6-8-23(9-7-22)21-12-13-10-14(19)11-15(20)18(13)24/h2-5,10-12,24H,6-9H2,1H3/b21-12-. The number of methoxy groups -OCH3 is 1. The molecule has 132 valence electrons. The Labute approximate surface area is 174 Å². The van der Waals surface area contributed by atoms with Crippen molar-refractivity contribution in [2.45, 2.75) is 0 Å². The van der Waals surface area contributed by atoms with Gasteiger partial charge in [-0.15, -0.1) is 0 Å². The van der Waals surface area contributed by atoms with E-state index < -0.39 is 0 Å². The number of para-hydroxylation sites is 2. The largest absolute Gasteiger partial charge is 0.506 e. The van der Waals surface area contributed by atoms with Crippen molar-refractivity contribution in [3.05, 3.63) is 49.1 Å². The van der Waals surface area contributed by atoms with Gasteiger partial charge in [-0.1, -0.05) is 12.1 Å². The molecule has 2 aromatic rings. The molecule has 1 fully saturated rings. The fourth-order valence-electron chi connectivity index (χ4n) is 2.77. The van der Waals surface area contributed by atoms with Crippen LogP contribution in [0.15, 0.2) is 41.5 Å². The predicted octanol–water partition coefficient (Wildman–Crippen LogP) is 3.77. The second-order valence-corrected chi connectivity index (χ2v) is 8.09. The Morgan fingerprint density at radius 3 is 2.56 bits per heavy atom. The lowest BCUT2D eigenvalue weighted by molar-refractivity contribution is 0.271. The normalized spacial score (nSPS) is 15.0. The molecule has 0 spiro atoms. The van der Waals surface area contributed by atoms with Gasteiger partial charge in [0.25, 0.3) is 0 Å². The average molecular weight is 563 g/mol. The highest BCUT2D eigenvalue weighted by atomic mass is 127. The minimum atomic E-state index is 0.289. The summed E-state index contributed by atoms with van der Waals surface area (Å²) in [5.74, 6) is 1.19. The van der Waals surface area contributed by atoms with Gasteiger partial charge in [0.15, 0.2) is 0 Å². The van der Waals surface area contributed by atoms with Gasteiger partial charge in [-0.25, -0.2) is 0 Å². The van der Waals surface area contributed by atoms with Crippen LogP contribution in [0.4, 0.5) is 5.69 Å². The Bertz CT molecular complexity index is 775. The van der Waals surface area contributed by atoms with E-state index in [0.29, 0.717) is 0 Å². The third-order valence-corrected chi connectivity index (χ3v) is 5.54.